The lowest BCUT2D eigenvalue weighted by Gasteiger charge is -2.34. The topological polar surface area (TPSA) is 38.1 Å². The number of hydrogen-bond acceptors (Lipinski definition) is 3. The molecule has 0 spiro atoms. The monoisotopic (exact) mass is 297 g/mol. The quantitative estimate of drug-likeness (QED) is 0.857. The van der Waals surface area contributed by atoms with Crippen LogP contribution in [0, 0.1) is 11.8 Å². The largest absolute Gasteiger partial charge is 0.369 e. The van der Waals surface area contributed by atoms with E-state index < -0.39 is 0 Å². The fourth-order valence-corrected chi connectivity index (χ4v) is 3.04. The van der Waals surface area contributed by atoms with Crippen LogP contribution in [0.5, 0.6) is 0 Å². The summed E-state index contributed by atoms with van der Waals surface area (Å²) in [5.74, 6) is 1.59. The van der Waals surface area contributed by atoms with Crippen molar-refractivity contribution in [1.82, 2.24) is 9.78 Å². The third kappa shape index (κ3) is 3.54. The highest BCUT2D eigenvalue weighted by molar-refractivity contribution is 6.33. The zero-order valence-corrected chi connectivity index (χ0v) is 13.4. The number of hydrogen-bond donors (Lipinski definition) is 0. The molecule has 0 atom stereocenters. The highest BCUT2D eigenvalue weighted by Crippen LogP contribution is 2.29. The molecule has 1 aliphatic heterocycles. The van der Waals surface area contributed by atoms with E-state index in [2.05, 4.69) is 23.8 Å². The van der Waals surface area contributed by atoms with Crippen LogP contribution < -0.4 is 10.5 Å². The van der Waals surface area contributed by atoms with Gasteiger partial charge in [0.25, 0.3) is 5.56 Å². The van der Waals surface area contributed by atoms with Crippen LogP contribution in [0.25, 0.3) is 0 Å². The predicted molar refractivity (Wildman–Crippen MR) is 83.5 cm³/mol. The summed E-state index contributed by atoms with van der Waals surface area (Å²) >= 11 is 6.16. The lowest BCUT2D eigenvalue weighted by Crippen LogP contribution is -2.35. The van der Waals surface area contributed by atoms with Crippen LogP contribution in [0.4, 0.5) is 5.69 Å². The maximum absolute atomic E-state index is 11.8. The van der Waals surface area contributed by atoms with Crippen LogP contribution in [0.3, 0.4) is 0 Å². The van der Waals surface area contributed by atoms with E-state index in [4.69, 9.17) is 11.6 Å². The summed E-state index contributed by atoms with van der Waals surface area (Å²) < 4.78 is 1.28. The Morgan fingerprint density at radius 3 is 2.65 bits per heavy atom. The minimum atomic E-state index is -0.217. The molecule has 0 aromatic carbocycles. The maximum Gasteiger partial charge on any atom is 0.287 e. The van der Waals surface area contributed by atoms with Gasteiger partial charge in [0, 0.05) is 20.1 Å². The zero-order chi connectivity index (χ0) is 14.7. The van der Waals surface area contributed by atoms with Crippen molar-refractivity contribution in [3.05, 3.63) is 21.6 Å². The first-order chi connectivity index (χ1) is 9.49. The summed E-state index contributed by atoms with van der Waals surface area (Å²) in [6.07, 6.45) is 6.68. The van der Waals surface area contributed by atoms with E-state index in [-0.39, 0.29) is 5.56 Å². The van der Waals surface area contributed by atoms with E-state index in [0.717, 1.165) is 30.6 Å². The van der Waals surface area contributed by atoms with Crippen molar-refractivity contribution in [3.8, 4) is 0 Å². The molecule has 2 heterocycles. The van der Waals surface area contributed by atoms with Crippen LogP contribution in [0.1, 0.15) is 39.5 Å². The van der Waals surface area contributed by atoms with Crippen molar-refractivity contribution >= 4 is 17.3 Å². The van der Waals surface area contributed by atoms with E-state index in [1.54, 1.807) is 13.2 Å². The second-order valence-electron chi connectivity index (χ2n) is 6.17. The Morgan fingerprint density at radius 1 is 1.40 bits per heavy atom. The van der Waals surface area contributed by atoms with E-state index in [9.17, 15) is 4.79 Å². The van der Waals surface area contributed by atoms with Crippen molar-refractivity contribution in [1.29, 1.82) is 0 Å². The molecule has 0 bridgehead atoms. The Kier molecular flexibility index (Phi) is 5.08. The van der Waals surface area contributed by atoms with Crippen LogP contribution >= 0.6 is 11.6 Å². The Hall–Kier alpha value is -1.03. The summed E-state index contributed by atoms with van der Waals surface area (Å²) in [4.78, 5) is 14.0. The lowest BCUT2D eigenvalue weighted by molar-refractivity contribution is 0.351. The third-order valence-electron chi connectivity index (χ3n) is 4.17. The molecule has 0 saturated carbocycles. The maximum atomic E-state index is 11.8. The number of halogens is 1. The van der Waals surface area contributed by atoms with Gasteiger partial charge in [-0.15, -0.1) is 0 Å². The molecule has 2 rings (SSSR count). The smallest absolute Gasteiger partial charge is 0.287 e. The molecule has 1 saturated heterocycles. The van der Waals surface area contributed by atoms with Crippen LogP contribution in [-0.2, 0) is 7.05 Å². The van der Waals surface area contributed by atoms with Crippen molar-refractivity contribution in [2.45, 2.75) is 39.5 Å². The minimum Gasteiger partial charge on any atom is -0.369 e. The first-order valence-electron chi connectivity index (χ1n) is 7.45. The standard InChI is InChI=1S/C15H24ClN3O/c1-11(2)4-5-12-6-8-19(9-7-12)13-10-17-18(3)15(20)14(13)16/h10-12H,4-9H2,1-3H3. The third-order valence-corrected chi connectivity index (χ3v) is 4.52. The number of aromatic nitrogens is 2. The van der Waals surface area contributed by atoms with Gasteiger partial charge in [-0.3, -0.25) is 4.79 Å². The first-order valence-corrected chi connectivity index (χ1v) is 7.83. The Morgan fingerprint density at radius 2 is 2.05 bits per heavy atom. The predicted octanol–water partition coefficient (Wildman–Crippen LogP) is 3.09. The van der Waals surface area contributed by atoms with E-state index in [1.807, 2.05) is 0 Å². The van der Waals surface area contributed by atoms with Gasteiger partial charge in [0.05, 0.1) is 11.9 Å². The molecule has 0 unspecified atom stereocenters. The second kappa shape index (κ2) is 6.61. The number of nitrogens with zero attached hydrogens (tertiary/aromatic N) is 3. The normalized spacial score (nSPS) is 16.9. The number of piperidine rings is 1. The van der Waals surface area contributed by atoms with Crippen LogP contribution in [0.15, 0.2) is 11.0 Å². The minimum absolute atomic E-state index is 0.217. The molecule has 1 aromatic heterocycles. The van der Waals surface area contributed by atoms with Crippen molar-refractivity contribution < 1.29 is 0 Å². The van der Waals surface area contributed by atoms with Gasteiger partial charge in [0.1, 0.15) is 5.02 Å². The van der Waals surface area contributed by atoms with E-state index in [0.29, 0.717) is 5.02 Å². The van der Waals surface area contributed by atoms with E-state index >= 15 is 0 Å². The molecular weight excluding hydrogens is 274 g/mol. The van der Waals surface area contributed by atoms with Gasteiger partial charge in [0.2, 0.25) is 0 Å². The second-order valence-corrected chi connectivity index (χ2v) is 6.55. The fraction of sp³-hybridized carbons (Fsp3) is 0.733. The fourth-order valence-electron chi connectivity index (χ4n) is 2.75. The van der Waals surface area contributed by atoms with Gasteiger partial charge < -0.3 is 4.90 Å². The molecule has 20 heavy (non-hydrogen) atoms. The molecule has 112 valence electrons. The lowest BCUT2D eigenvalue weighted by atomic mass is 9.89. The Labute approximate surface area is 125 Å². The SMILES string of the molecule is CC(C)CCC1CCN(c2cnn(C)c(=O)c2Cl)CC1. The molecule has 0 radical (unpaired) electrons. The van der Waals surface area contributed by atoms with Crippen molar-refractivity contribution in [2.75, 3.05) is 18.0 Å². The van der Waals surface area contributed by atoms with E-state index in [1.165, 1.54) is 30.4 Å². The van der Waals surface area contributed by atoms with Crippen LogP contribution in [-0.4, -0.2) is 22.9 Å². The van der Waals surface area contributed by atoms with Gasteiger partial charge in [-0.1, -0.05) is 38.3 Å². The number of anilines is 1. The van der Waals surface area contributed by atoms with Gasteiger partial charge in [0.15, 0.2) is 0 Å². The molecule has 0 N–H and O–H groups in total. The molecule has 1 fully saturated rings. The molecule has 5 heteroatoms. The number of aryl methyl sites for hydroxylation is 1. The van der Waals surface area contributed by atoms with Gasteiger partial charge in [-0.2, -0.15) is 5.10 Å². The van der Waals surface area contributed by atoms with Gasteiger partial charge >= 0.3 is 0 Å². The highest BCUT2D eigenvalue weighted by atomic mass is 35.5. The molecular formula is C15H24ClN3O. The zero-order valence-electron chi connectivity index (χ0n) is 12.6. The Balaban J connectivity index is 1.97. The van der Waals surface area contributed by atoms with Crippen molar-refractivity contribution in [3.63, 3.8) is 0 Å². The average Bonchev–Trinajstić information content (AvgIpc) is 2.43. The molecule has 1 aliphatic rings. The summed E-state index contributed by atoms with van der Waals surface area (Å²) in [5.41, 5.74) is 0.572. The summed E-state index contributed by atoms with van der Waals surface area (Å²) in [5, 5.41) is 4.37. The summed E-state index contributed by atoms with van der Waals surface area (Å²) in [7, 11) is 1.62. The number of rotatable bonds is 4. The van der Waals surface area contributed by atoms with Crippen molar-refractivity contribution in [2.24, 2.45) is 18.9 Å². The molecule has 0 amide bonds. The van der Waals surface area contributed by atoms with Gasteiger partial charge in [-0.05, 0) is 24.7 Å². The van der Waals surface area contributed by atoms with Gasteiger partial charge in [-0.25, -0.2) is 4.68 Å². The molecule has 4 nitrogen and oxygen atoms in total. The molecule has 1 aromatic rings. The average molecular weight is 298 g/mol. The summed E-state index contributed by atoms with van der Waals surface area (Å²) in [6, 6.07) is 0. The molecule has 0 aliphatic carbocycles. The Bertz CT molecular complexity index is 504. The highest BCUT2D eigenvalue weighted by Gasteiger charge is 2.22. The first kappa shape index (κ1) is 15.4. The van der Waals surface area contributed by atoms with Crippen LogP contribution in [0.2, 0.25) is 5.02 Å². The summed E-state index contributed by atoms with van der Waals surface area (Å²) in [6.45, 7) is 6.50.